The normalized spacial score (nSPS) is 13.9. The van der Waals surface area contributed by atoms with Crippen LogP contribution in [0.1, 0.15) is 5.56 Å². The number of carbonyl (C=O) groups is 1. The molecule has 1 aliphatic rings. The Kier molecular flexibility index (Phi) is 2.93. The van der Waals surface area contributed by atoms with Crippen molar-refractivity contribution in [3.8, 4) is 0 Å². The van der Waals surface area contributed by atoms with Gasteiger partial charge < -0.3 is 10.4 Å². The molecule has 1 aliphatic heterocycles. The van der Waals surface area contributed by atoms with Gasteiger partial charge in [-0.15, -0.1) is 0 Å². The summed E-state index contributed by atoms with van der Waals surface area (Å²) in [4.78, 5) is 10.4. The number of fused-ring (bicyclic) bond motifs is 1. The van der Waals surface area contributed by atoms with Crippen LogP contribution in [-0.2, 0) is 21.2 Å². The van der Waals surface area contributed by atoms with Crippen LogP contribution in [0.3, 0.4) is 0 Å². The van der Waals surface area contributed by atoms with Gasteiger partial charge in [-0.3, -0.25) is 9.52 Å². The molecule has 0 radical (unpaired) electrons. The van der Waals surface area contributed by atoms with Crippen LogP contribution < -0.4 is 10.0 Å². The van der Waals surface area contributed by atoms with Crippen molar-refractivity contribution < 1.29 is 18.3 Å². The van der Waals surface area contributed by atoms with Crippen molar-refractivity contribution in [2.45, 2.75) is 6.42 Å². The maximum Gasteiger partial charge on any atom is 0.320 e. The van der Waals surface area contributed by atoms with Crippen LogP contribution in [0.25, 0.3) is 0 Å². The molecular formula is C10H12N2O4S. The van der Waals surface area contributed by atoms with Crippen molar-refractivity contribution >= 4 is 27.4 Å². The number of hydrogen-bond donors (Lipinski definition) is 3. The minimum absolute atomic E-state index is 0.397. The summed E-state index contributed by atoms with van der Waals surface area (Å²) in [6.45, 7) is 0.834. The second-order valence-corrected chi connectivity index (χ2v) is 5.53. The van der Waals surface area contributed by atoms with E-state index in [0.717, 1.165) is 24.2 Å². The van der Waals surface area contributed by atoms with E-state index in [4.69, 9.17) is 5.11 Å². The van der Waals surface area contributed by atoms with E-state index >= 15 is 0 Å². The molecule has 92 valence electrons. The summed E-state index contributed by atoms with van der Waals surface area (Å²) in [7, 11) is -3.82. The Morgan fingerprint density at radius 3 is 2.94 bits per heavy atom. The van der Waals surface area contributed by atoms with Gasteiger partial charge in [0, 0.05) is 17.9 Å². The molecule has 0 fully saturated rings. The topological polar surface area (TPSA) is 95.5 Å². The Labute approximate surface area is 98.7 Å². The van der Waals surface area contributed by atoms with Crippen LogP contribution in [0.5, 0.6) is 0 Å². The van der Waals surface area contributed by atoms with Gasteiger partial charge in [0.25, 0.3) is 0 Å². The summed E-state index contributed by atoms with van der Waals surface area (Å²) in [5, 5.41) is 11.6. The zero-order valence-electron chi connectivity index (χ0n) is 8.93. The van der Waals surface area contributed by atoms with E-state index < -0.39 is 21.7 Å². The first-order valence-electron chi connectivity index (χ1n) is 5.05. The largest absolute Gasteiger partial charge is 0.480 e. The first-order valence-corrected chi connectivity index (χ1v) is 6.70. The fourth-order valence-corrected chi connectivity index (χ4v) is 2.63. The quantitative estimate of drug-likeness (QED) is 0.728. The minimum atomic E-state index is -3.82. The van der Waals surface area contributed by atoms with E-state index in [1.165, 1.54) is 0 Å². The molecule has 0 saturated heterocycles. The molecule has 0 saturated carbocycles. The standard InChI is InChI=1S/C10H12N2O4S/c13-10(14)6-17(15,16)12-8-1-2-9-7(5-8)3-4-11-9/h1-2,5,11-12H,3-4,6H2,(H,13,14). The zero-order valence-corrected chi connectivity index (χ0v) is 9.75. The lowest BCUT2D eigenvalue weighted by molar-refractivity contribution is -0.134. The highest BCUT2D eigenvalue weighted by Crippen LogP contribution is 2.25. The number of carboxylic acids is 1. The lowest BCUT2D eigenvalue weighted by Gasteiger charge is -2.07. The first kappa shape index (κ1) is 11.7. The maximum atomic E-state index is 11.4. The van der Waals surface area contributed by atoms with Crippen molar-refractivity contribution in [2.75, 3.05) is 22.3 Å². The molecule has 1 aromatic carbocycles. The summed E-state index contributed by atoms with van der Waals surface area (Å²) in [6.07, 6.45) is 0.837. The van der Waals surface area contributed by atoms with Crippen molar-refractivity contribution in [2.24, 2.45) is 0 Å². The molecule has 0 aliphatic carbocycles. The fraction of sp³-hybridized carbons (Fsp3) is 0.300. The molecule has 2 rings (SSSR count). The molecule has 0 spiro atoms. The third-order valence-electron chi connectivity index (χ3n) is 2.40. The lowest BCUT2D eigenvalue weighted by Crippen LogP contribution is -2.22. The van der Waals surface area contributed by atoms with Gasteiger partial charge in [-0.2, -0.15) is 0 Å². The number of anilines is 2. The number of aliphatic carboxylic acids is 1. The van der Waals surface area contributed by atoms with E-state index in [0.29, 0.717) is 5.69 Å². The van der Waals surface area contributed by atoms with Crippen molar-refractivity contribution in [1.29, 1.82) is 0 Å². The maximum absolute atomic E-state index is 11.4. The molecule has 0 bridgehead atoms. The molecule has 3 N–H and O–H groups in total. The SMILES string of the molecule is O=C(O)CS(=O)(=O)Nc1ccc2c(c1)CCN2. The van der Waals surface area contributed by atoms with Crippen molar-refractivity contribution in [3.05, 3.63) is 23.8 Å². The van der Waals surface area contributed by atoms with Crippen LogP contribution in [-0.4, -0.2) is 31.8 Å². The number of carboxylic acid groups (broad SMARTS) is 1. The molecule has 0 unspecified atom stereocenters. The predicted molar refractivity (Wildman–Crippen MR) is 63.7 cm³/mol. The van der Waals surface area contributed by atoms with Gasteiger partial charge >= 0.3 is 5.97 Å². The summed E-state index contributed by atoms with van der Waals surface area (Å²) in [5.74, 6) is -2.30. The molecule has 0 aromatic heterocycles. The first-order chi connectivity index (χ1) is 7.96. The smallest absolute Gasteiger partial charge is 0.320 e. The summed E-state index contributed by atoms with van der Waals surface area (Å²) in [5.41, 5.74) is 2.42. The molecule has 6 nitrogen and oxygen atoms in total. The molecular weight excluding hydrogens is 244 g/mol. The average molecular weight is 256 g/mol. The van der Waals surface area contributed by atoms with Crippen LogP contribution >= 0.6 is 0 Å². The van der Waals surface area contributed by atoms with Gasteiger partial charge in [0.05, 0.1) is 0 Å². The van der Waals surface area contributed by atoms with E-state index in [1.54, 1.807) is 18.2 Å². The summed E-state index contributed by atoms with van der Waals surface area (Å²) in [6, 6.07) is 5.10. The number of rotatable bonds is 4. The second kappa shape index (κ2) is 4.25. The van der Waals surface area contributed by atoms with E-state index in [-0.39, 0.29) is 0 Å². The molecule has 0 atom stereocenters. The Morgan fingerprint density at radius 2 is 2.24 bits per heavy atom. The Morgan fingerprint density at radius 1 is 1.47 bits per heavy atom. The summed E-state index contributed by atoms with van der Waals surface area (Å²) >= 11 is 0. The van der Waals surface area contributed by atoms with E-state index in [2.05, 4.69) is 10.0 Å². The Bertz CT molecular complexity index is 553. The predicted octanol–water partition coefficient (Wildman–Crippen LogP) is 0.481. The Hall–Kier alpha value is -1.76. The van der Waals surface area contributed by atoms with Crippen LogP contribution in [0, 0.1) is 0 Å². The molecule has 7 heteroatoms. The number of hydrogen-bond acceptors (Lipinski definition) is 4. The van der Waals surface area contributed by atoms with Crippen LogP contribution in [0.2, 0.25) is 0 Å². The monoisotopic (exact) mass is 256 g/mol. The van der Waals surface area contributed by atoms with Gasteiger partial charge in [-0.1, -0.05) is 0 Å². The zero-order chi connectivity index (χ0) is 12.5. The van der Waals surface area contributed by atoms with E-state index in [9.17, 15) is 13.2 Å². The number of sulfonamides is 1. The molecule has 1 heterocycles. The van der Waals surface area contributed by atoms with E-state index in [1.807, 2.05) is 0 Å². The van der Waals surface area contributed by atoms with Gasteiger partial charge in [0.15, 0.2) is 5.75 Å². The number of benzene rings is 1. The van der Waals surface area contributed by atoms with Crippen molar-refractivity contribution in [3.63, 3.8) is 0 Å². The van der Waals surface area contributed by atoms with Gasteiger partial charge in [-0.05, 0) is 30.2 Å². The lowest BCUT2D eigenvalue weighted by atomic mass is 10.1. The Balaban J connectivity index is 2.17. The van der Waals surface area contributed by atoms with Gasteiger partial charge in [-0.25, -0.2) is 8.42 Å². The van der Waals surface area contributed by atoms with Crippen LogP contribution in [0.4, 0.5) is 11.4 Å². The number of nitrogens with one attached hydrogen (secondary N) is 2. The highest BCUT2D eigenvalue weighted by atomic mass is 32.2. The second-order valence-electron chi connectivity index (χ2n) is 3.80. The van der Waals surface area contributed by atoms with Gasteiger partial charge in [0.1, 0.15) is 0 Å². The fourth-order valence-electron chi connectivity index (χ4n) is 1.75. The highest BCUT2D eigenvalue weighted by Gasteiger charge is 2.17. The molecule has 17 heavy (non-hydrogen) atoms. The average Bonchev–Trinajstić information content (AvgIpc) is 2.61. The molecule has 0 amide bonds. The van der Waals surface area contributed by atoms with Crippen molar-refractivity contribution in [1.82, 2.24) is 0 Å². The molecule has 1 aromatic rings. The van der Waals surface area contributed by atoms with Crippen LogP contribution in [0.15, 0.2) is 18.2 Å². The third kappa shape index (κ3) is 2.88. The third-order valence-corrected chi connectivity index (χ3v) is 3.58. The minimum Gasteiger partial charge on any atom is -0.480 e. The van der Waals surface area contributed by atoms with Gasteiger partial charge in [0.2, 0.25) is 10.0 Å². The highest BCUT2D eigenvalue weighted by molar-refractivity contribution is 7.93. The summed E-state index contributed by atoms with van der Waals surface area (Å²) < 4.78 is 25.0.